The zero-order valence-corrected chi connectivity index (χ0v) is 26.6. The zero-order chi connectivity index (χ0) is 33.8. The Bertz CT molecular complexity index is 2300. The van der Waals surface area contributed by atoms with E-state index in [9.17, 15) is 34.2 Å². The maximum Gasteiger partial charge on any atom is 0.336 e. The highest BCUT2D eigenvalue weighted by Crippen LogP contribution is 2.42. The molecule has 1 aliphatic heterocycles. The number of carbonyl (C=O) groups is 3. The van der Waals surface area contributed by atoms with Gasteiger partial charge in [-0.05, 0) is 66.2 Å². The highest BCUT2D eigenvalue weighted by molar-refractivity contribution is 8.76. The van der Waals surface area contributed by atoms with Crippen LogP contribution in [0.1, 0.15) is 23.2 Å². The molecule has 0 bridgehead atoms. The molecule has 2 amide bonds. The van der Waals surface area contributed by atoms with Gasteiger partial charge in [0.1, 0.15) is 22.7 Å². The Labute approximate surface area is 279 Å². The van der Waals surface area contributed by atoms with E-state index in [1.165, 1.54) is 58.0 Å². The molecule has 48 heavy (non-hydrogen) atoms. The fourth-order valence-electron chi connectivity index (χ4n) is 5.15. The van der Waals surface area contributed by atoms with Gasteiger partial charge < -0.3 is 29.7 Å². The van der Waals surface area contributed by atoms with Gasteiger partial charge in [0.05, 0.1) is 5.56 Å². The lowest BCUT2D eigenvalue weighted by atomic mass is 9.90. The molecule has 0 saturated carbocycles. The van der Waals surface area contributed by atoms with Crippen molar-refractivity contribution in [3.63, 3.8) is 0 Å². The number of benzene rings is 4. The van der Waals surface area contributed by atoms with E-state index >= 15 is 0 Å². The lowest BCUT2D eigenvalue weighted by Gasteiger charge is -2.17. The van der Waals surface area contributed by atoms with E-state index in [4.69, 9.17) is 8.83 Å². The number of nitrogens with one attached hydrogen (secondary N) is 2. The van der Waals surface area contributed by atoms with Gasteiger partial charge in [-0.15, -0.1) is 0 Å². The number of phenols is 1. The summed E-state index contributed by atoms with van der Waals surface area (Å²) in [7, 11) is 2.91. The molecule has 242 valence electrons. The molecule has 11 nitrogen and oxygen atoms in total. The lowest BCUT2D eigenvalue weighted by Crippen LogP contribution is -2.13. The fourth-order valence-corrected chi connectivity index (χ4v) is 7.13. The minimum absolute atomic E-state index is 0.0513. The maximum absolute atomic E-state index is 12.7. The van der Waals surface area contributed by atoms with Crippen molar-refractivity contribution in [3.8, 4) is 28.2 Å². The van der Waals surface area contributed by atoms with Crippen LogP contribution < -0.4 is 21.7 Å². The van der Waals surface area contributed by atoms with Crippen LogP contribution >= 0.6 is 21.6 Å². The Kier molecular flexibility index (Phi) is 9.50. The number of rotatable bonds is 11. The lowest BCUT2D eigenvalue weighted by molar-refractivity contribution is -0.116. The molecule has 0 radical (unpaired) electrons. The van der Waals surface area contributed by atoms with Gasteiger partial charge in [-0.3, -0.25) is 14.4 Å². The second kappa shape index (κ2) is 14.1. The summed E-state index contributed by atoms with van der Waals surface area (Å²) in [5, 5.41) is 26.9. The minimum Gasteiger partial charge on any atom is -0.508 e. The third kappa shape index (κ3) is 7.37. The number of aromatic hydroxyl groups is 1. The van der Waals surface area contributed by atoms with E-state index in [0.29, 0.717) is 55.9 Å². The molecule has 4 aromatic rings. The largest absolute Gasteiger partial charge is 0.508 e. The van der Waals surface area contributed by atoms with Crippen LogP contribution in [0.2, 0.25) is 0 Å². The number of carboxylic acids is 1. The average molecular weight is 683 g/mol. The Morgan fingerprint density at radius 2 is 1.38 bits per heavy atom. The average Bonchev–Trinajstić information content (AvgIpc) is 3.05. The normalized spacial score (nSPS) is 11.2. The first-order valence-corrected chi connectivity index (χ1v) is 17.1. The van der Waals surface area contributed by atoms with Crippen LogP contribution in [0.15, 0.2) is 103 Å². The maximum atomic E-state index is 12.7. The summed E-state index contributed by atoms with van der Waals surface area (Å²) >= 11 is 0. The van der Waals surface area contributed by atoms with Crippen LogP contribution in [0.3, 0.4) is 0 Å². The summed E-state index contributed by atoms with van der Waals surface area (Å²) in [5.41, 5.74) is 2.18. The predicted molar refractivity (Wildman–Crippen MR) is 187 cm³/mol. The second-order valence-corrected chi connectivity index (χ2v) is 13.3. The van der Waals surface area contributed by atoms with Crippen LogP contribution in [-0.4, -0.2) is 39.5 Å². The van der Waals surface area contributed by atoms with Crippen molar-refractivity contribution >= 4 is 72.7 Å². The molecule has 13 heteroatoms. The molecule has 0 saturated heterocycles. The molecule has 1 aliphatic carbocycles. The first kappa shape index (κ1) is 32.4. The molecule has 1 aromatic heterocycles. The van der Waals surface area contributed by atoms with Gasteiger partial charge in [-0.2, -0.15) is 0 Å². The van der Waals surface area contributed by atoms with Crippen molar-refractivity contribution in [1.82, 2.24) is 0 Å². The van der Waals surface area contributed by atoms with Gasteiger partial charge in [-0.25, -0.2) is 9.59 Å². The highest BCUT2D eigenvalue weighted by Gasteiger charge is 2.22. The molecule has 6 rings (SSSR count). The number of carboxylic acid groups (broad SMARTS) is 1. The molecule has 3 aromatic carbocycles. The number of carbonyl (C=O) groups excluding carboxylic acids is 2. The Morgan fingerprint density at radius 1 is 0.688 bits per heavy atom. The van der Waals surface area contributed by atoms with E-state index in [0.717, 1.165) is 0 Å². The van der Waals surface area contributed by atoms with E-state index in [1.807, 2.05) is 0 Å². The smallest absolute Gasteiger partial charge is 0.336 e. The van der Waals surface area contributed by atoms with Crippen LogP contribution in [0.5, 0.6) is 5.75 Å². The molecule has 0 atom stereocenters. The molecule has 0 fully saturated rings. The third-order valence-corrected chi connectivity index (χ3v) is 9.70. The predicted octanol–water partition coefficient (Wildman–Crippen LogP) is 6.81. The van der Waals surface area contributed by atoms with Crippen molar-refractivity contribution in [2.75, 3.05) is 22.1 Å². The van der Waals surface area contributed by atoms with Crippen molar-refractivity contribution in [2.45, 2.75) is 12.8 Å². The van der Waals surface area contributed by atoms with E-state index in [1.54, 1.807) is 48.5 Å². The first-order valence-electron chi connectivity index (χ1n) is 14.6. The summed E-state index contributed by atoms with van der Waals surface area (Å²) in [6.07, 6.45) is 0.424. The number of phenolic OH excluding ortho intramolecular Hbond substituents is 1. The minimum atomic E-state index is -1.22. The number of fused-ring (bicyclic) bond motifs is 3. The van der Waals surface area contributed by atoms with E-state index < -0.39 is 11.6 Å². The topological polar surface area (TPSA) is 176 Å². The first-order chi connectivity index (χ1) is 23.1. The standard InChI is InChI=1S/C35H26N2O9S2/c38-22-4-7-25-29(17-22)45-30-18-23(39)5-8-26(30)34(25)24-6-2-21(16-27(24)35(43)44)37-32(41)12-14-48-47-13-11-31(40)36-20-3-9-28-19(15-20)1-10-33(42)46-28/h1-10,15-18,38H,11-14H2,(H,36,40)(H,37,41)(H,43,44). The Morgan fingerprint density at radius 3 is 2.10 bits per heavy atom. The molecule has 2 heterocycles. The highest BCUT2D eigenvalue weighted by atomic mass is 33.1. The van der Waals surface area contributed by atoms with Crippen molar-refractivity contribution in [1.29, 1.82) is 0 Å². The van der Waals surface area contributed by atoms with Crippen molar-refractivity contribution in [3.05, 3.63) is 111 Å². The molecule has 0 unspecified atom stereocenters. The number of hydrogen-bond acceptors (Lipinski definition) is 10. The van der Waals surface area contributed by atoms with E-state index in [-0.39, 0.29) is 52.7 Å². The summed E-state index contributed by atoms with van der Waals surface area (Å²) in [6, 6.07) is 21.3. The van der Waals surface area contributed by atoms with E-state index in [2.05, 4.69) is 10.6 Å². The van der Waals surface area contributed by atoms with Crippen LogP contribution in [0.25, 0.3) is 44.4 Å². The Hall–Kier alpha value is -5.53. The van der Waals surface area contributed by atoms with Crippen LogP contribution in [-0.2, 0) is 9.59 Å². The van der Waals surface area contributed by atoms with Crippen LogP contribution in [0, 0.1) is 0 Å². The number of hydrogen-bond donors (Lipinski definition) is 4. The monoisotopic (exact) mass is 682 g/mol. The van der Waals surface area contributed by atoms with Gasteiger partial charge in [0.15, 0.2) is 5.43 Å². The summed E-state index contributed by atoms with van der Waals surface area (Å²) in [6.45, 7) is 0. The summed E-state index contributed by atoms with van der Waals surface area (Å²) in [4.78, 5) is 60.8. The number of amides is 2. The van der Waals surface area contributed by atoms with Crippen molar-refractivity contribution in [2.24, 2.45) is 0 Å². The van der Waals surface area contributed by atoms with Gasteiger partial charge >= 0.3 is 11.6 Å². The molecular weight excluding hydrogens is 657 g/mol. The molecule has 2 aliphatic rings. The number of aromatic carboxylic acids is 1. The summed E-state index contributed by atoms with van der Waals surface area (Å²) in [5.74, 6) is -0.507. The summed E-state index contributed by atoms with van der Waals surface area (Å²) < 4.78 is 11.0. The second-order valence-electron chi connectivity index (χ2n) is 10.6. The molecule has 4 N–H and O–H groups in total. The van der Waals surface area contributed by atoms with Gasteiger partial charge in [0, 0.05) is 75.8 Å². The molecule has 0 spiro atoms. The van der Waals surface area contributed by atoms with Crippen molar-refractivity contribution < 1.29 is 33.4 Å². The third-order valence-electron chi connectivity index (χ3n) is 7.29. The fraction of sp³-hybridized carbons (Fsp3) is 0.114. The quantitative estimate of drug-likeness (QED) is 0.0488. The van der Waals surface area contributed by atoms with Gasteiger partial charge in [0.2, 0.25) is 11.8 Å². The van der Waals surface area contributed by atoms with Gasteiger partial charge in [-0.1, -0.05) is 27.7 Å². The van der Waals surface area contributed by atoms with Crippen LogP contribution in [0.4, 0.5) is 11.4 Å². The Balaban J connectivity index is 1.05. The van der Waals surface area contributed by atoms with Gasteiger partial charge in [0.25, 0.3) is 0 Å². The zero-order valence-electron chi connectivity index (χ0n) is 25.0. The molecular formula is C35H26N2O9S2. The number of anilines is 2. The SMILES string of the molecule is O=C(CCSSCCC(=O)Nc1ccc2oc(=O)ccc2c1)Nc1ccc(-c2c3ccc(=O)cc-3oc3cc(O)ccc23)c(C(=O)O)c1.